The van der Waals surface area contributed by atoms with Crippen molar-refractivity contribution >= 4 is 17.3 Å². The molecule has 1 atom stereocenters. The largest absolute Gasteiger partial charge is 0.494 e. The number of carboxylic acids is 1. The molecule has 3 rings (SSSR count). The fourth-order valence-electron chi connectivity index (χ4n) is 2.30. The molecule has 1 fully saturated rings. The van der Waals surface area contributed by atoms with E-state index in [2.05, 4.69) is 4.98 Å². The van der Waals surface area contributed by atoms with Crippen molar-refractivity contribution in [2.45, 2.75) is 25.9 Å². The maximum absolute atomic E-state index is 11.4. The smallest absolute Gasteiger partial charge is 0.355 e. The highest BCUT2D eigenvalue weighted by molar-refractivity contribution is 7.15. The van der Waals surface area contributed by atoms with E-state index < -0.39 is 12.1 Å². The molecule has 0 aliphatic heterocycles. The predicted octanol–water partition coefficient (Wildman–Crippen LogP) is 3.35. The number of ether oxygens (including phenoxy) is 1. The first-order valence-corrected chi connectivity index (χ1v) is 8.07. The van der Waals surface area contributed by atoms with Crippen molar-refractivity contribution in [1.82, 2.24) is 4.98 Å². The van der Waals surface area contributed by atoms with E-state index in [1.165, 1.54) is 11.3 Å². The molecule has 2 aromatic rings. The Balaban J connectivity index is 1.93. The Kier molecular flexibility index (Phi) is 4.13. The molecule has 6 heteroatoms. The van der Waals surface area contributed by atoms with Crippen LogP contribution in [0.15, 0.2) is 24.3 Å². The van der Waals surface area contributed by atoms with Gasteiger partial charge >= 0.3 is 5.97 Å². The van der Waals surface area contributed by atoms with E-state index in [-0.39, 0.29) is 11.6 Å². The topological polar surface area (TPSA) is 79.7 Å². The van der Waals surface area contributed by atoms with Gasteiger partial charge in [-0.1, -0.05) is 0 Å². The highest BCUT2D eigenvalue weighted by atomic mass is 32.1. The number of carbonyl (C=O) groups is 1. The van der Waals surface area contributed by atoms with Crippen LogP contribution >= 0.6 is 11.3 Å². The van der Waals surface area contributed by atoms with Crippen LogP contribution in [0.5, 0.6) is 5.75 Å². The molecule has 1 aliphatic carbocycles. The summed E-state index contributed by atoms with van der Waals surface area (Å²) < 4.78 is 5.39. The van der Waals surface area contributed by atoms with Crippen LogP contribution < -0.4 is 4.74 Å². The third-order valence-corrected chi connectivity index (χ3v) is 4.78. The number of aliphatic hydroxyl groups excluding tert-OH is 1. The minimum Gasteiger partial charge on any atom is -0.494 e. The van der Waals surface area contributed by atoms with Crippen LogP contribution in [-0.2, 0) is 0 Å². The molecule has 2 N–H and O–H groups in total. The minimum atomic E-state index is -1.09. The lowest BCUT2D eigenvalue weighted by atomic mass is 10.1. The van der Waals surface area contributed by atoms with Gasteiger partial charge in [-0.05, 0) is 49.9 Å². The fraction of sp³-hybridized carbons (Fsp3) is 0.375. The number of aliphatic hydroxyl groups is 1. The monoisotopic (exact) mass is 319 g/mol. The minimum absolute atomic E-state index is 0.0340. The van der Waals surface area contributed by atoms with Crippen molar-refractivity contribution in [2.75, 3.05) is 6.61 Å². The lowest BCUT2D eigenvalue weighted by molar-refractivity contribution is 0.0682. The molecule has 1 aliphatic rings. The van der Waals surface area contributed by atoms with Gasteiger partial charge in [-0.25, -0.2) is 9.78 Å². The van der Waals surface area contributed by atoms with Crippen LogP contribution in [0.25, 0.3) is 10.6 Å². The van der Waals surface area contributed by atoms with Crippen molar-refractivity contribution in [3.63, 3.8) is 0 Å². The van der Waals surface area contributed by atoms with Gasteiger partial charge in [0, 0.05) is 5.56 Å². The zero-order valence-electron chi connectivity index (χ0n) is 12.2. The summed E-state index contributed by atoms with van der Waals surface area (Å²) in [6.45, 7) is 2.51. The first-order valence-electron chi connectivity index (χ1n) is 7.25. The van der Waals surface area contributed by atoms with Gasteiger partial charge in [0.1, 0.15) is 10.8 Å². The summed E-state index contributed by atoms with van der Waals surface area (Å²) in [4.78, 5) is 16.0. The molecular formula is C16H17NO4S. The van der Waals surface area contributed by atoms with E-state index in [9.17, 15) is 15.0 Å². The second-order valence-corrected chi connectivity index (χ2v) is 6.31. The third-order valence-electron chi connectivity index (χ3n) is 3.61. The van der Waals surface area contributed by atoms with E-state index in [1.807, 2.05) is 31.2 Å². The van der Waals surface area contributed by atoms with E-state index in [4.69, 9.17) is 4.74 Å². The Morgan fingerprint density at radius 2 is 2.09 bits per heavy atom. The van der Waals surface area contributed by atoms with Crippen molar-refractivity contribution in [1.29, 1.82) is 0 Å². The summed E-state index contributed by atoms with van der Waals surface area (Å²) in [6, 6.07) is 7.36. The number of thiazole rings is 1. The summed E-state index contributed by atoms with van der Waals surface area (Å²) in [6.07, 6.45) is 1.16. The standard InChI is InChI=1S/C16H17NO4S/c1-2-21-11-7-5-10(6-8-11)15-17-12(16(19)20)14(22-15)13(18)9-3-4-9/h5-9,13,18H,2-4H2,1H3,(H,19,20). The average Bonchev–Trinajstić information content (AvgIpc) is 3.26. The molecule has 0 radical (unpaired) electrons. The van der Waals surface area contributed by atoms with Gasteiger partial charge in [-0.15, -0.1) is 11.3 Å². The number of nitrogens with zero attached hydrogens (tertiary/aromatic N) is 1. The van der Waals surface area contributed by atoms with Gasteiger partial charge in [0.15, 0.2) is 5.69 Å². The number of benzene rings is 1. The summed E-state index contributed by atoms with van der Waals surface area (Å²) in [5.74, 6) is -0.158. The van der Waals surface area contributed by atoms with E-state index >= 15 is 0 Å². The maximum Gasteiger partial charge on any atom is 0.355 e. The molecule has 1 aromatic carbocycles. The molecule has 1 saturated carbocycles. The molecule has 0 saturated heterocycles. The molecular weight excluding hydrogens is 302 g/mol. The molecule has 1 unspecified atom stereocenters. The highest BCUT2D eigenvalue weighted by Crippen LogP contribution is 2.44. The van der Waals surface area contributed by atoms with Gasteiger partial charge in [0.05, 0.1) is 17.6 Å². The molecule has 5 nitrogen and oxygen atoms in total. The number of hydrogen-bond acceptors (Lipinski definition) is 5. The summed E-state index contributed by atoms with van der Waals surface area (Å²) in [5.41, 5.74) is 0.790. The molecule has 1 heterocycles. The Bertz CT molecular complexity index is 676. The van der Waals surface area contributed by atoms with Crippen LogP contribution in [0.3, 0.4) is 0 Å². The summed E-state index contributed by atoms with van der Waals surface area (Å²) >= 11 is 1.25. The number of rotatable bonds is 6. The number of carboxylic acid groups (broad SMARTS) is 1. The van der Waals surface area contributed by atoms with Gasteiger partial charge in [-0.2, -0.15) is 0 Å². The average molecular weight is 319 g/mol. The van der Waals surface area contributed by atoms with Crippen LogP contribution in [0.1, 0.15) is 41.2 Å². The van der Waals surface area contributed by atoms with Gasteiger partial charge in [0.25, 0.3) is 0 Å². The van der Waals surface area contributed by atoms with E-state index in [1.54, 1.807) is 0 Å². The van der Waals surface area contributed by atoms with E-state index in [0.29, 0.717) is 16.5 Å². The second-order valence-electron chi connectivity index (χ2n) is 5.28. The second kappa shape index (κ2) is 6.06. The van der Waals surface area contributed by atoms with E-state index in [0.717, 1.165) is 24.2 Å². The highest BCUT2D eigenvalue weighted by Gasteiger charge is 2.35. The van der Waals surface area contributed by atoms with Crippen LogP contribution in [-0.4, -0.2) is 27.8 Å². The SMILES string of the molecule is CCOc1ccc(-c2nc(C(=O)O)c(C(O)C3CC3)s2)cc1. The first kappa shape index (κ1) is 15.0. The normalized spacial score (nSPS) is 15.5. The predicted molar refractivity (Wildman–Crippen MR) is 83.4 cm³/mol. The lowest BCUT2D eigenvalue weighted by Gasteiger charge is -2.06. The summed E-state index contributed by atoms with van der Waals surface area (Å²) in [5, 5.41) is 20.2. The van der Waals surface area contributed by atoms with Gasteiger partial charge < -0.3 is 14.9 Å². The first-order chi connectivity index (χ1) is 10.6. The fourth-order valence-corrected chi connectivity index (χ4v) is 3.44. The lowest BCUT2D eigenvalue weighted by Crippen LogP contribution is -2.06. The molecule has 0 amide bonds. The Morgan fingerprint density at radius 1 is 1.41 bits per heavy atom. The Morgan fingerprint density at radius 3 is 2.64 bits per heavy atom. The van der Waals surface area contributed by atoms with Gasteiger partial charge in [-0.3, -0.25) is 0 Å². The van der Waals surface area contributed by atoms with Crippen molar-refractivity contribution in [3.8, 4) is 16.3 Å². The Hall–Kier alpha value is -1.92. The summed E-state index contributed by atoms with van der Waals surface area (Å²) in [7, 11) is 0. The number of hydrogen-bond donors (Lipinski definition) is 2. The van der Waals surface area contributed by atoms with Crippen molar-refractivity contribution in [3.05, 3.63) is 34.8 Å². The molecule has 0 bridgehead atoms. The van der Waals surface area contributed by atoms with Gasteiger partial charge in [0.2, 0.25) is 0 Å². The van der Waals surface area contributed by atoms with Crippen LogP contribution in [0.4, 0.5) is 0 Å². The molecule has 22 heavy (non-hydrogen) atoms. The van der Waals surface area contributed by atoms with Crippen LogP contribution in [0.2, 0.25) is 0 Å². The maximum atomic E-state index is 11.4. The quantitative estimate of drug-likeness (QED) is 0.853. The third kappa shape index (κ3) is 2.98. The van der Waals surface area contributed by atoms with Crippen LogP contribution in [0, 0.1) is 5.92 Å². The van der Waals surface area contributed by atoms with Crippen molar-refractivity contribution < 1.29 is 19.7 Å². The zero-order valence-corrected chi connectivity index (χ0v) is 13.0. The van der Waals surface area contributed by atoms with Crippen molar-refractivity contribution in [2.24, 2.45) is 5.92 Å². The molecule has 116 valence electrons. The number of aromatic nitrogens is 1. The Labute approximate surface area is 132 Å². The molecule has 0 spiro atoms. The molecule has 1 aromatic heterocycles. The number of aromatic carboxylic acids is 1. The zero-order chi connectivity index (χ0) is 15.7.